The van der Waals surface area contributed by atoms with Crippen LogP contribution in [0.2, 0.25) is 0 Å². The maximum atomic E-state index is 13.8. The summed E-state index contributed by atoms with van der Waals surface area (Å²) in [6.07, 6.45) is 12.7. The lowest BCUT2D eigenvalue weighted by atomic mass is 9.99. The standard InChI is InChI=1S/C39H37N3O4S3/c1-3-24-42-36(47-34(39(42)43)22-21-29-23-26-40(4-2)33-20-12-11-19-32(29)33)28-35-41(25-13-14-27-49(44,45)46)37(30-15-7-5-8-16-30)38(48-35)31-17-9-6-10-18-31/h3,5-12,15-23,26,28H,1,4,13-14,24-25,27H2,2H3/p+1/b29-21-,34-22+. The first-order valence-corrected chi connectivity index (χ1v) is 19.4. The van der Waals surface area contributed by atoms with Gasteiger partial charge in [-0.25, -0.2) is 0 Å². The lowest BCUT2D eigenvalue weighted by molar-refractivity contribution is -0.683. The Kier molecular flexibility index (Phi) is 10.7. The van der Waals surface area contributed by atoms with Crippen molar-refractivity contribution in [2.45, 2.75) is 32.9 Å². The van der Waals surface area contributed by atoms with Crippen LogP contribution in [0.4, 0.5) is 5.69 Å². The van der Waals surface area contributed by atoms with Gasteiger partial charge in [-0.3, -0.25) is 13.9 Å². The zero-order chi connectivity index (χ0) is 34.4. The van der Waals surface area contributed by atoms with Gasteiger partial charge in [-0.2, -0.15) is 13.0 Å². The van der Waals surface area contributed by atoms with Crippen molar-refractivity contribution in [3.05, 3.63) is 146 Å². The molecular weight excluding hydrogens is 671 g/mol. The average Bonchev–Trinajstić information content (AvgIpc) is 3.62. The third-order valence-corrected chi connectivity index (χ3v) is 11.3. The molecule has 10 heteroatoms. The maximum Gasteiger partial charge on any atom is 0.269 e. The van der Waals surface area contributed by atoms with Crippen LogP contribution in [0.5, 0.6) is 0 Å². The van der Waals surface area contributed by atoms with Gasteiger partial charge in [0.05, 0.1) is 16.4 Å². The van der Waals surface area contributed by atoms with E-state index < -0.39 is 10.1 Å². The molecule has 0 atom stereocenters. The number of rotatable bonds is 12. The van der Waals surface area contributed by atoms with Gasteiger partial charge >= 0.3 is 0 Å². The fourth-order valence-electron chi connectivity index (χ4n) is 5.95. The number of unbranched alkanes of at least 4 members (excludes halogenated alkanes) is 1. The van der Waals surface area contributed by atoms with E-state index in [0.29, 0.717) is 30.5 Å². The number of allylic oxidation sites excluding steroid dienone is 4. The number of aromatic nitrogens is 2. The second kappa shape index (κ2) is 15.3. The first kappa shape index (κ1) is 34.3. The molecule has 0 fully saturated rings. The summed E-state index contributed by atoms with van der Waals surface area (Å²) in [7, 11) is -4.06. The van der Waals surface area contributed by atoms with Crippen LogP contribution < -0.4 is 24.2 Å². The molecule has 3 aromatic carbocycles. The van der Waals surface area contributed by atoms with E-state index in [1.807, 2.05) is 60.7 Å². The molecule has 0 radical (unpaired) electrons. The molecule has 250 valence electrons. The summed E-state index contributed by atoms with van der Waals surface area (Å²) in [4.78, 5) is 17.1. The molecule has 1 N–H and O–H groups in total. The quantitative estimate of drug-likeness (QED) is 0.0694. The van der Waals surface area contributed by atoms with Crippen LogP contribution in [-0.2, 0) is 23.2 Å². The Morgan fingerprint density at radius 2 is 1.59 bits per heavy atom. The molecule has 49 heavy (non-hydrogen) atoms. The predicted octanol–water partition coefficient (Wildman–Crippen LogP) is 6.49. The van der Waals surface area contributed by atoms with E-state index in [1.54, 1.807) is 22.0 Å². The van der Waals surface area contributed by atoms with E-state index in [-0.39, 0.29) is 11.3 Å². The molecule has 0 unspecified atom stereocenters. The summed E-state index contributed by atoms with van der Waals surface area (Å²) < 4.78 is 37.7. The number of thiazole rings is 2. The van der Waals surface area contributed by atoms with Gasteiger partial charge in [0.15, 0.2) is 6.54 Å². The van der Waals surface area contributed by atoms with Crippen LogP contribution in [0.3, 0.4) is 0 Å². The number of hydrogen-bond acceptors (Lipinski definition) is 6. The van der Waals surface area contributed by atoms with Crippen molar-refractivity contribution in [2.75, 3.05) is 17.2 Å². The molecule has 0 saturated carbocycles. The van der Waals surface area contributed by atoms with Crippen LogP contribution in [0.1, 0.15) is 30.3 Å². The molecule has 0 bridgehead atoms. The van der Waals surface area contributed by atoms with Crippen molar-refractivity contribution in [2.24, 2.45) is 0 Å². The largest absolute Gasteiger partial charge is 0.348 e. The van der Waals surface area contributed by atoms with Crippen LogP contribution in [0, 0.1) is 0 Å². The van der Waals surface area contributed by atoms with E-state index in [9.17, 15) is 17.8 Å². The molecular formula is C39H38N3O4S3+. The minimum Gasteiger partial charge on any atom is -0.348 e. The molecule has 7 nitrogen and oxygen atoms in total. The third-order valence-electron chi connectivity index (χ3n) is 8.28. The summed E-state index contributed by atoms with van der Waals surface area (Å²) in [5.74, 6) is -0.294. The van der Waals surface area contributed by atoms with Crippen LogP contribution in [0.25, 0.3) is 39.4 Å². The van der Waals surface area contributed by atoms with Crippen molar-refractivity contribution >= 4 is 56.2 Å². The minimum atomic E-state index is -4.06. The number of anilines is 1. The summed E-state index contributed by atoms with van der Waals surface area (Å²) in [6, 6.07) is 28.6. The van der Waals surface area contributed by atoms with E-state index in [4.69, 9.17) is 0 Å². The van der Waals surface area contributed by atoms with Crippen molar-refractivity contribution in [1.82, 2.24) is 4.57 Å². The Balaban J connectivity index is 1.52. The van der Waals surface area contributed by atoms with Crippen LogP contribution >= 0.6 is 22.7 Å². The molecule has 1 aliphatic heterocycles. The van der Waals surface area contributed by atoms with Gasteiger partial charge in [0.1, 0.15) is 9.54 Å². The molecule has 0 spiro atoms. The fraction of sp³-hybridized carbons (Fsp3) is 0.179. The summed E-state index contributed by atoms with van der Waals surface area (Å²) in [5.41, 5.74) is 6.32. The van der Waals surface area contributed by atoms with Gasteiger partial charge in [-0.05, 0) is 54.8 Å². The minimum absolute atomic E-state index is 0.0842. The molecule has 1 aliphatic rings. The second-order valence-electron chi connectivity index (χ2n) is 11.6. The summed E-state index contributed by atoms with van der Waals surface area (Å²) >= 11 is 3.07. The average molecular weight is 709 g/mol. The zero-order valence-corrected chi connectivity index (χ0v) is 29.7. The molecule has 5 aromatic rings. The smallest absolute Gasteiger partial charge is 0.269 e. The molecule has 0 saturated heterocycles. The zero-order valence-electron chi connectivity index (χ0n) is 27.2. The van der Waals surface area contributed by atoms with Gasteiger partial charge in [-0.1, -0.05) is 90.2 Å². The highest BCUT2D eigenvalue weighted by Crippen LogP contribution is 2.36. The third kappa shape index (κ3) is 7.84. The Labute approximate surface area is 294 Å². The van der Waals surface area contributed by atoms with Gasteiger partial charge in [0.25, 0.3) is 20.7 Å². The van der Waals surface area contributed by atoms with Crippen molar-refractivity contribution in [3.63, 3.8) is 0 Å². The fourth-order valence-corrected chi connectivity index (χ4v) is 8.84. The number of nitrogens with zero attached hydrogens (tertiary/aromatic N) is 3. The number of benzene rings is 3. The van der Waals surface area contributed by atoms with E-state index >= 15 is 0 Å². The van der Waals surface area contributed by atoms with Crippen molar-refractivity contribution in [1.29, 1.82) is 0 Å². The SMILES string of the molecule is C=CCn1c(=O)/c(=C\C=C2\C=CN(CC)c3ccccc32)s/c1=C\c1sc(-c2ccccc2)c(-c2ccccc2)[n+]1CCCCS(=O)(=O)O. The number of para-hydroxylation sites is 1. The highest BCUT2D eigenvalue weighted by Gasteiger charge is 2.28. The molecule has 0 amide bonds. The Hall–Kier alpha value is -4.61. The molecule has 2 aromatic heterocycles. The molecule has 3 heterocycles. The molecule has 0 aliphatic carbocycles. The van der Waals surface area contributed by atoms with Crippen molar-refractivity contribution < 1.29 is 17.5 Å². The van der Waals surface area contributed by atoms with Crippen LogP contribution in [-0.4, -0.2) is 29.8 Å². The van der Waals surface area contributed by atoms with E-state index in [1.165, 1.54) is 11.3 Å². The lowest BCUT2D eigenvalue weighted by Crippen LogP contribution is -2.38. The van der Waals surface area contributed by atoms with Gasteiger partial charge in [0.2, 0.25) is 5.69 Å². The number of fused-ring (bicyclic) bond motifs is 1. The first-order chi connectivity index (χ1) is 23.8. The number of hydrogen-bond donors (Lipinski definition) is 1. The summed E-state index contributed by atoms with van der Waals surface area (Å²) in [5, 5.41) is 0.928. The van der Waals surface area contributed by atoms with E-state index in [0.717, 1.165) is 54.7 Å². The first-order valence-electron chi connectivity index (χ1n) is 16.2. The lowest BCUT2D eigenvalue weighted by Gasteiger charge is -2.26. The van der Waals surface area contributed by atoms with Gasteiger partial charge in [0, 0.05) is 42.5 Å². The van der Waals surface area contributed by atoms with E-state index in [2.05, 4.69) is 77.7 Å². The van der Waals surface area contributed by atoms with Crippen LogP contribution in [0.15, 0.2) is 121 Å². The maximum absolute atomic E-state index is 13.8. The second-order valence-corrected chi connectivity index (χ2v) is 15.2. The predicted molar refractivity (Wildman–Crippen MR) is 204 cm³/mol. The Bertz CT molecular complexity index is 2320. The Morgan fingerprint density at radius 1 is 0.898 bits per heavy atom. The summed E-state index contributed by atoms with van der Waals surface area (Å²) in [6.45, 7) is 7.79. The topological polar surface area (TPSA) is 83.5 Å². The molecule has 6 rings (SSSR count). The highest BCUT2D eigenvalue weighted by molar-refractivity contribution is 7.85. The Morgan fingerprint density at radius 3 is 2.29 bits per heavy atom. The highest BCUT2D eigenvalue weighted by atomic mass is 32.2. The monoisotopic (exact) mass is 708 g/mol. The van der Waals surface area contributed by atoms with Gasteiger partial charge < -0.3 is 4.90 Å². The van der Waals surface area contributed by atoms with Gasteiger partial charge in [-0.15, -0.1) is 17.9 Å². The normalized spacial score (nSPS) is 14.5. The van der Waals surface area contributed by atoms with Crippen molar-refractivity contribution in [3.8, 4) is 21.7 Å².